The summed E-state index contributed by atoms with van der Waals surface area (Å²) in [6, 6.07) is 0. The van der Waals surface area contributed by atoms with Gasteiger partial charge in [0.25, 0.3) is 0 Å². The smallest absolute Gasteiger partial charge is 0.240 e. The number of carbonyl (C=O) groups excluding carboxylic acids is 1. The highest BCUT2D eigenvalue weighted by Gasteiger charge is 2.07. The maximum Gasteiger partial charge on any atom is 0.240 e. The minimum Gasteiger partial charge on any atom is -0.379 e. The van der Waals surface area contributed by atoms with E-state index in [0.717, 1.165) is 12.7 Å². The Morgan fingerprint density at radius 3 is 2.45 bits per heavy atom. The highest BCUT2D eigenvalue weighted by atomic mass is 16.5. The largest absolute Gasteiger partial charge is 0.379 e. The Morgan fingerprint density at radius 2 is 2.36 bits per heavy atom. The van der Waals surface area contributed by atoms with Crippen LogP contribution >= 0.6 is 0 Å². The lowest BCUT2D eigenvalue weighted by atomic mass is 10.3. The molecule has 0 aromatic rings. The number of amides is 1. The van der Waals surface area contributed by atoms with Gasteiger partial charge in [0.2, 0.25) is 5.91 Å². The molecule has 0 saturated carbocycles. The van der Waals surface area contributed by atoms with Gasteiger partial charge in [-0.3, -0.25) is 4.79 Å². The summed E-state index contributed by atoms with van der Waals surface area (Å²) in [6.07, 6.45) is 4.13. The molecule has 1 fully saturated rings. The first-order valence-electron chi connectivity index (χ1n) is 3.70. The third kappa shape index (κ3) is 7.06. The summed E-state index contributed by atoms with van der Waals surface area (Å²) in [4.78, 5) is 9.47. The zero-order chi connectivity index (χ0) is 8.69. The van der Waals surface area contributed by atoms with Crippen LogP contribution < -0.4 is 5.73 Å². The standard InChI is InChI=1S/C5H10O.C3H5NO/c1-5-3-2-4-6-5;1-2-3(4)5/h5H,2-4H2,1H3;2H,1H2,(H2,4,5). The highest BCUT2D eigenvalue weighted by Crippen LogP contribution is 2.09. The Bertz CT molecular complexity index is 128. The van der Waals surface area contributed by atoms with Crippen molar-refractivity contribution in [3.63, 3.8) is 0 Å². The van der Waals surface area contributed by atoms with Crippen LogP contribution in [0.3, 0.4) is 0 Å². The number of nitrogens with two attached hydrogens (primary N) is 1. The minimum atomic E-state index is -0.481. The van der Waals surface area contributed by atoms with Crippen molar-refractivity contribution in [3.8, 4) is 0 Å². The van der Waals surface area contributed by atoms with Crippen LogP contribution in [0.2, 0.25) is 0 Å². The summed E-state index contributed by atoms with van der Waals surface area (Å²) in [7, 11) is 0. The van der Waals surface area contributed by atoms with E-state index in [1.165, 1.54) is 12.8 Å². The fraction of sp³-hybridized carbons (Fsp3) is 0.625. The predicted molar refractivity (Wildman–Crippen MR) is 44.0 cm³/mol. The Kier molecular flexibility index (Phi) is 5.47. The van der Waals surface area contributed by atoms with Crippen molar-refractivity contribution in [3.05, 3.63) is 12.7 Å². The molecule has 0 aromatic heterocycles. The molecule has 3 nitrogen and oxygen atoms in total. The van der Waals surface area contributed by atoms with Crippen LogP contribution in [-0.4, -0.2) is 18.6 Å². The molecule has 1 unspecified atom stereocenters. The van der Waals surface area contributed by atoms with E-state index < -0.39 is 5.91 Å². The molecular formula is C8H15NO2. The Hall–Kier alpha value is -0.830. The number of primary amides is 1. The van der Waals surface area contributed by atoms with Crippen molar-refractivity contribution < 1.29 is 9.53 Å². The van der Waals surface area contributed by atoms with E-state index in [9.17, 15) is 4.79 Å². The lowest BCUT2D eigenvalue weighted by molar-refractivity contribution is -0.113. The molecule has 1 amide bonds. The van der Waals surface area contributed by atoms with Crippen molar-refractivity contribution >= 4 is 5.91 Å². The molecule has 0 radical (unpaired) electrons. The number of hydrogen-bond acceptors (Lipinski definition) is 2. The van der Waals surface area contributed by atoms with Gasteiger partial charge in [0.15, 0.2) is 0 Å². The summed E-state index contributed by atoms with van der Waals surface area (Å²) < 4.78 is 5.15. The van der Waals surface area contributed by atoms with Gasteiger partial charge < -0.3 is 10.5 Å². The van der Waals surface area contributed by atoms with Gasteiger partial charge in [-0.15, -0.1) is 0 Å². The zero-order valence-electron chi connectivity index (χ0n) is 6.88. The van der Waals surface area contributed by atoms with Crippen molar-refractivity contribution in [1.29, 1.82) is 0 Å². The van der Waals surface area contributed by atoms with Crippen LogP contribution in [0.5, 0.6) is 0 Å². The predicted octanol–water partition coefficient (Wildman–Crippen LogP) is 0.843. The molecule has 2 N–H and O–H groups in total. The molecule has 0 spiro atoms. The first kappa shape index (κ1) is 10.2. The van der Waals surface area contributed by atoms with Gasteiger partial charge in [-0.25, -0.2) is 0 Å². The second-order valence-corrected chi connectivity index (χ2v) is 2.43. The first-order chi connectivity index (χ1) is 5.16. The molecule has 1 rings (SSSR count). The Balaban J connectivity index is 0.000000187. The fourth-order valence-corrected chi connectivity index (χ4v) is 0.739. The van der Waals surface area contributed by atoms with Crippen LogP contribution in [0.25, 0.3) is 0 Å². The van der Waals surface area contributed by atoms with Crippen molar-refractivity contribution in [2.24, 2.45) is 5.73 Å². The number of carbonyl (C=O) groups is 1. The van der Waals surface area contributed by atoms with Crippen molar-refractivity contribution in [2.75, 3.05) is 6.61 Å². The van der Waals surface area contributed by atoms with Gasteiger partial charge >= 0.3 is 0 Å². The molecule has 0 bridgehead atoms. The molecule has 1 aliphatic rings. The maximum absolute atomic E-state index is 9.47. The van der Waals surface area contributed by atoms with Gasteiger partial charge in [0, 0.05) is 6.61 Å². The van der Waals surface area contributed by atoms with Crippen LogP contribution in [0.15, 0.2) is 12.7 Å². The van der Waals surface area contributed by atoms with Gasteiger partial charge in [-0.05, 0) is 25.8 Å². The normalized spacial score (nSPS) is 21.7. The summed E-state index contributed by atoms with van der Waals surface area (Å²) in [6.45, 7) is 6.19. The van der Waals surface area contributed by atoms with Gasteiger partial charge in [0.1, 0.15) is 0 Å². The topological polar surface area (TPSA) is 52.3 Å². The van der Waals surface area contributed by atoms with Crippen LogP contribution in [0.1, 0.15) is 19.8 Å². The quantitative estimate of drug-likeness (QED) is 0.573. The van der Waals surface area contributed by atoms with E-state index in [1.54, 1.807) is 0 Å². The number of hydrogen-bond donors (Lipinski definition) is 1. The summed E-state index contributed by atoms with van der Waals surface area (Å²) >= 11 is 0. The molecule has 64 valence electrons. The van der Waals surface area contributed by atoms with E-state index in [-0.39, 0.29) is 0 Å². The van der Waals surface area contributed by atoms with E-state index in [0.29, 0.717) is 6.10 Å². The third-order valence-electron chi connectivity index (χ3n) is 1.36. The molecule has 11 heavy (non-hydrogen) atoms. The average Bonchev–Trinajstić information content (AvgIpc) is 2.41. The monoisotopic (exact) mass is 157 g/mol. The first-order valence-corrected chi connectivity index (χ1v) is 3.70. The summed E-state index contributed by atoms with van der Waals surface area (Å²) in [5.74, 6) is -0.481. The zero-order valence-corrected chi connectivity index (χ0v) is 6.88. The van der Waals surface area contributed by atoms with Crippen LogP contribution in [-0.2, 0) is 9.53 Å². The lowest BCUT2D eigenvalue weighted by Crippen LogP contribution is -2.04. The Morgan fingerprint density at radius 1 is 1.82 bits per heavy atom. The molecule has 1 saturated heterocycles. The lowest BCUT2D eigenvalue weighted by Gasteiger charge is -1.94. The number of rotatable bonds is 1. The summed E-state index contributed by atoms with van der Waals surface area (Å²) in [5.41, 5.74) is 4.53. The molecule has 0 aliphatic carbocycles. The van der Waals surface area contributed by atoms with Gasteiger partial charge in [0.05, 0.1) is 6.10 Å². The molecule has 1 atom stereocenters. The molecule has 3 heteroatoms. The van der Waals surface area contributed by atoms with E-state index in [2.05, 4.69) is 19.2 Å². The minimum absolute atomic E-state index is 0.481. The van der Waals surface area contributed by atoms with Crippen LogP contribution in [0.4, 0.5) is 0 Å². The van der Waals surface area contributed by atoms with Gasteiger partial charge in [-0.1, -0.05) is 6.58 Å². The fourth-order valence-electron chi connectivity index (χ4n) is 0.739. The third-order valence-corrected chi connectivity index (χ3v) is 1.36. The maximum atomic E-state index is 9.47. The van der Waals surface area contributed by atoms with Gasteiger partial charge in [-0.2, -0.15) is 0 Å². The van der Waals surface area contributed by atoms with E-state index in [1.807, 2.05) is 0 Å². The van der Waals surface area contributed by atoms with Crippen molar-refractivity contribution in [1.82, 2.24) is 0 Å². The molecule has 1 aliphatic heterocycles. The SMILES string of the molecule is C=CC(N)=O.CC1CCCO1. The molecular weight excluding hydrogens is 142 g/mol. The summed E-state index contributed by atoms with van der Waals surface area (Å²) in [5, 5.41) is 0. The molecule has 1 heterocycles. The van der Waals surface area contributed by atoms with Crippen LogP contribution in [0, 0.1) is 0 Å². The average molecular weight is 157 g/mol. The molecule has 0 aromatic carbocycles. The highest BCUT2D eigenvalue weighted by molar-refractivity contribution is 5.84. The number of ether oxygens (including phenoxy) is 1. The van der Waals surface area contributed by atoms with E-state index in [4.69, 9.17) is 4.74 Å². The second kappa shape index (κ2) is 5.92. The van der Waals surface area contributed by atoms with E-state index >= 15 is 0 Å². The van der Waals surface area contributed by atoms with Crippen molar-refractivity contribution in [2.45, 2.75) is 25.9 Å². The second-order valence-electron chi connectivity index (χ2n) is 2.43. The Labute approximate surface area is 67.2 Å².